The highest BCUT2D eigenvalue weighted by atomic mass is 16.5. The summed E-state index contributed by atoms with van der Waals surface area (Å²) in [6.45, 7) is 5.69. The first kappa shape index (κ1) is 12.4. The Morgan fingerprint density at radius 3 is 3.18 bits per heavy atom. The molecule has 1 aliphatic carbocycles. The first-order valence-corrected chi connectivity index (χ1v) is 6.73. The van der Waals surface area contributed by atoms with E-state index in [1.807, 2.05) is 19.3 Å². The molecule has 0 unspecified atom stereocenters. The highest BCUT2D eigenvalue weighted by Crippen LogP contribution is 2.31. The summed E-state index contributed by atoms with van der Waals surface area (Å²) in [6, 6.07) is 0. The van der Waals surface area contributed by atoms with Gasteiger partial charge in [-0.2, -0.15) is 0 Å². The molecule has 0 spiro atoms. The molecule has 0 amide bonds. The number of nitrogens with one attached hydrogen (secondary N) is 1. The van der Waals surface area contributed by atoms with Crippen LogP contribution in [0, 0.1) is 5.92 Å². The van der Waals surface area contributed by atoms with Crippen molar-refractivity contribution < 1.29 is 4.74 Å². The van der Waals surface area contributed by atoms with E-state index in [-0.39, 0.29) is 0 Å². The Morgan fingerprint density at radius 1 is 1.53 bits per heavy atom. The van der Waals surface area contributed by atoms with E-state index in [1.165, 1.54) is 19.3 Å². The lowest BCUT2D eigenvalue weighted by molar-refractivity contribution is 0.142. The first-order chi connectivity index (χ1) is 8.40. The minimum atomic E-state index is 0.802. The molecule has 1 heterocycles. The fourth-order valence-corrected chi connectivity index (χ4v) is 1.93. The molecule has 1 aromatic rings. The number of hydrogen-bond acceptors (Lipinski definition) is 3. The van der Waals surface area contributed by atoms with Crippen molar-refractivity contribution in [1.29, 1.82) is 0 Å². The average Bonchev–Trinajstić information content (AvgIpc) is 3.05. The number of aryl methyl sites for hydroxylation is 1. The Balaban J connectivity index is 1.67. The molecule has 1 aromatic heterocycles. The lowest BCUT2D eigenvalue weighted by atomic mass is 10.3. The average molecular weight is 237 g/mol. The normalized spacial score (nSPS) is 15.1. The summed E-state index contributed by atoms with van der Waals surface area (Å²) in [5.74, 6) is 1.98. The van der Waals surface area contributed by atoms with Crippen LogP contribution in [0.1, 0.15) is 32.6 Å². The molecule has 4 heteroatoms. The van der Waals surface area contributed by atoms with Crippen molar-refractivity contribution in [3.63, 3.8) is 0 Å². The van der Waals surface area contributed by atoms with E-state index in [0.717, 1.165) is 44.6 Å². The summed E-state index contributed by atoms with van der Waals surface area (Å²) in [7, 11) is 0. The second-order valence-electron chi connectivity index (χ2n) is 4.65. The molecule has 1 aliphatic rings. The van der Waals surface area contributed by atoms with Gasteiger partial charge in [-0.15, -0.1) is 0 Å². The Labute approximate surface area is 103 Å². The van der Waals surface area contributed by atoms with E-state index in [2.05, 4.69) is 14.9 Å². The first-order valence-electron chi connectivity index (χ1n) is 6.73. The Kier molecular flexibility index (Phi) is 4.86. The maximum absolute atomic E-state index is 5.34. The second-order valence-corrected chi connectivity index (χ2v) is 4.65. The summed E-state index contributed by atoms with van der Waals surface area (Å²) in [5.41, 5.74) is 0. The Hall–Kier alpha value is -1.03. The lowest BCUT2D eigenvalue weighted by Gasteiger charge is -2.09. The van der Waals surface area contributed by atoms with Crippen LogP contribution in [0.4, 0.5) is 5.95 Å². The third-order valence-electron chi connectivity index (χ3n) is 3.14. The molecular formula is C13H23N3O. The highest BCUT2D eigenvalue weighted by Gasteiger charge is 2.20. The summed E-state index contributed by atoms with van der Waals surface area (Å²) < 4.78 is 7.51. The van der Waals surface area contributed by atoms with Crippen molar-refractivity contribution in [2.75, 3.05) is 25.1 Å². The van der Waals surface area contributed by atoms with Gasteiger partial charge in [0.1, 0.15) is 0 Å². The molecule has 17 heavy (non-hydrogen) atoms. The fourth-order valence-electron chi connectivity index (χ4n) is 1.93. The van der Waals surface area contributed by atoms with Crippen LogP contribution < -0.4 is 5.32 Å². The van der Waals surface area contributed by atoms with E-state index in [1.54, 1.807) is 0 Å². The van der Waals surface area contributed by atoms with E-state index in [4.69, 9.17) is 4.74 Å². The van der Waals surface area contributed by atoms with Crippen molar-refractivity contribution >= 4 is 5.95 Å². The second kappa shape index (κ2) is 6.64. The smallest absolute Gasteiger partial charge is 0.202 e. The molecule has 1 fully saturated rings. The van der Waals surface area contributed by atoms with Crippen molar-refractivity contribution in [2.24, 2.45) is 5.92 Å². The van der Waals surface area contributed by atoms with Crippen molar-refractivity contribution in [3.8, 4) is 0 Å². The molecule has 1 saturated carbocycles. The van der Waals surface area contributed by atoms with Gasteiger partial charge in [0, 0.05) is 38.7 Å². The van der Waals surface area contributed by atoms with E-state index < -0.39 is 0 Å². The number of nitrogens with zero attached hydrogens (tertiary/aromatic N) is 2. The van der Waals surface area contributed by atoms with Crippen molar-refractivity contribution in [1.82, 2.24) is 9.55 Å². The fraction of sp³-hybridized carbons (Fsp3) is 0.769. The van der Waals surface area contributed by atoms with E-state index in [0.29, 0.717) is 0 Å². The molecule has 96 valence electrons. The number of ether oxygens (including phenoxy) is 1. The van der Waals surface area contributed by atoms with Crippen LogP contribution in [-0.4, -0.2) is 29.3 Å². The third-order valence-corrected chi connectivity index (χ3v) is 3.14. The predicted octanol–water partition coefficient (Wildman–Crippen LogP) is 2.52. The van der Waals surface area contributed by atoms with Crippen LogP contribution in [0.3, 0.4) is 0 Å². The summed E-state index contributed by atoms with van der Waals surface area (Å²) in [5, 5.41) is 3.42. The summed E-state index contributed by atoms with van der Waals surface area (Å²) >= 11 is 0. The molecule has 0 saturated heterocycles. The zero-order valence-corrected chi connectivity index (χ0v) is 10.7. The van der Waals surface area contributed by atoms with Gasteiger partial charge in [-0.05, 0) is 25.7 Å². The largest absolute Gasteiger partial charge is 0.382 e. The molecule has 2 rings (SSSR count). The molecular weight excluding hydrogens is 214 g/mol. The van der Waals surface area contributed by atoms with Gasteiger partial charge in [0.15, 0.2) is 0 Å². The Bertz CT molecular complexity index is 320. The molecule has 4 nitrogen and oxygen atoms in total. The maximum Gasteiger partial charge on any atom is 0.202 e. The monoisotopic (exact) mass is 237 g/mol. The van der Waals surface area contributed by atoms with Gasteiger partial charge in [-0.25, -0.2) is 4.98 Å². The molecule has 0 radical (unpaired) electrons. The van der Waals surface area contributed by atoms with Gasteiger partial charge in [0.2, 0.25) is 5.95 Å². The molecule has 0 aliphatic heterocycles. The quantitative estimate of drug-likeness (QED) is 0.671. The van der Waals surface area contributed by atoms with Crippen LogP contribution in [0.15, 0.2) is 12.4 Å². The van der Waals surface area contributed by atoms with Crippen LogP contribution in [0.2, 0.25) is 0 Å². The number of hydrogen-bond donors (Lipinski definition) is 1. The predicted molar refractivity (Wildman–Crippen MR) is 69.2 cm³/mol. The van der Waals surface area contributed by atoms with Crippen LogP contribution in [0.5, 0.6) is 0 Å². The zero-order chi connectivity index (χ0) is 11.9. The van der Waals surface area contributed by atoms with Crippen LogP contribution in [0.25, 0.3) is 0 Å². The molecule has 1 N–H and O–H groups in total. The molecule has 0 aromatic carbocycles. The van der Waals surface area contributed by atoms with Crippen LogP contribution in [-0.2, 0) is 11.3 Å². The van der Waals surface area contributed by atoms with E-state index in [9.17, 15) is 0 Å². The Morgan fingerprint density at radius 2 is 2.41 bits per heavy atom. The van der Waals surface area contributed by atoms with Crippen molar-refractivity contribution in [2.45, 2.75) is 39.2 Å². The van der Waals surface area contributed by atoms with Gasteiger partial charge in [-0.3, -0.25) is 0 Å². The van der Waals surface area contributed by atoms with Crippen molar-refractivity contribution in [3.05, 3.63) is 12.4 Å². The van der Waals surface area contributed by atoms with Gasteiger partial charge in [0.25, 0.3) is 0 Å². The van der Waals surface area contributed by atoms with Gasteiger partial charge in [-0.1, -0.05) is 12.8 Å². The maximum atomic E-state index is 5.34. The minimum absolute atomic E-state index is 0.802. The van der Waals surface area contributed by atoms with Crippen LogP contribution >= 0.6 is 0 Å². The summed E-state index contributed by atoms with van der Waals surface area (Å²) in [6.07, 6.45) is 9.06. The lowest BCUT2D eigenvalue weighted by Crippen LogP contribution is -2.10. The minimum Gasteiger partial charge on any atom is -0.382 e. The number of imidazole rings is 1. The molecule has 0 atom stereocenters. The zero-order valence-electron chi connectivity index (χ0n) is 10.7. The highest BCUT2D eigenvalue weighted by molar-refractivity contribution is 5.25. The molecule has 0 bridgehead atoms. The number of rotatable bonds is 9. The summed E-state index contributed by atoms with van der Waals surface area (Å²) in [4.78, 5) is 4.34. The van der Waals surface area contributed by atoms with Gasteiger partial charge >= 0.3 is 0 Å². The topological polar surface area (TPSA) is 39.1 Å². The third kappa shape index (κ3) is 4.38. The van der Waals surface area contributed by atoms with Gasteiger partial charge < -0.3 is 14.6 Å². The standard InChI is InChI=1S/C13H23N3O/c1-2-17-11-3-9-16-10-8-15-13(16)14-7-6-12-4-5-12/h8,10,12H,2-7,9,11H2,1H3,(H,14,15). The SMILES string of the molecule is CCOCCCn1ccnc1NCCC1CC1. The van der Waals surface area contributed by atoms with Gasteiger partial charge in [0.05, 0.1) is 0 Å². The number of anilines is 1. The number of aromatic nitrogens is 2. The van der Waals surface area contributed by atoms with E-state index >= 15 is 0 Å².